The molecule has 5 nitrogen and oxygen atoms in total. The summed E-state index contributed by atoms with van der Waals surface area (Å²) >= 11 is 18.6. The Hall–Kier alpha value is -1.70. The van der Waals surface area contributed by atoms with Crippen molar-refractivity contribution in [2.75, 3.05) is 13.1 Å². The maximum Gasteiger partial charge on any atom is 0.207 e. The van der Waals surface area contributed by atoms with Gasteiger partial charge in [-0.15, -0.1) is 5.10 Å². The van der Waals surface area contributed by atoms with Crippen LogP contribution < -0.4 is 4.90 Å². The van der Waals surface area contributed by atoms with Gasteiger partial charge in [-0.05, 0) is 60.8 Å². The second kappa shape index (κ2) is 9.43. The third kappa shape index (κ3) is 4.73. The normalized spacial score (nSPS) is 19.2. The van der Waals surface area contributed by atoms with Crippen LogP contribution in [0, 0.1) is 4.77 Å². The van der Waals surface area contributed by atoms with E-state index in [1.807, 2.05) is 33.5 Å². The van der Waals surface area contributed by atoms with Gasteiger partial charge in [0.15, 0.2) is 12.5 Å². The quantitative estimate of drug-likeness (QED) is 0.531. The Morgan fingerprint density at radius 1 is 1.23 bits per heavy atom. The van der Waals surface area contributed by atoms with Crippen LogP contribution in [-0.2, 0) is 6.67 Å². The number of hydrogen-bond donors (Lipinski definition) is 2. The van der Waals surface area contributed by atoms with E-state index in [4.69, 9.17) is 40.5 Å². The van der Waals surface area contributed by atoms with E-state index in [0.717, 1.165) is 30.6 Å². The molecular formula is C23H27Cl2N4OS+. The molecule has 1 fully saturated rings. The van der Waals surface area contributed by atoms with Gasteiger partial charge < -0.3 is 10.0 Å². The number of nitrogens with zero attached hydrogens (tertiary/aromatic N) is 3. The molecule has 1 aromatic heterocycles. The summed E-state index contributed by atoms with van der Waals surface area (Å²) in [5.74, 6) is 1.01. The van der Waals surface area contributed by atoms with Gasteiger partial charge in [0.05, 0.1) is 17.3 Å². The third-order valence-electron chi connectivity index (χ3n) is 5.78. The number of aromatic nitrogens is 3. The molecule has 2 N–H and O–H groups in total. The van der Waals surface area contributed by atoms with Crippen molar-refractivity contribution in [2.24, 2.45) is 0 Å². The maximum absolute atomic E-state index is 10.1. The number of piperidine rings is 1. The van der Waals surface area contributed by atoms with Crippen LogP contribution in [0.4, 0.5) is 0 Å². The van der Waals surface area contributed by atoms with E-state index in [0.29, 0.717) is 39.8 Å². The monoisotopic (exact) mass is 477 g/mol. The lowest BCUT2D eigenvalue weighted by Gasteiger charge is -2.26. The molecule has 164 valence electrons. The van der Waals surface area contributed by atoms with Gasteiger partial charge in [-0.3, -0.25) is 4.57 Å². The van der Waals surface area contributed by atoms with E-state index in [9.17, 15) is 5.11 Å². The van der Waals surface area contributed by atoms with Gasteiger partial charge in [-0.1, -0.05) is 55.2 Å². The molecule has 0 radical (unpaired) electrons. The highest BCUT2D eigenvalue weighted by Gasteiger charge is 2.25. The highest BCUT2D eigenvalue weighted by molar-refractivity contribution is 7.71. The van der Waals surface area contributed by atoms with Crippen LogP contribution in [0.25, 0.3) is 17.1 Å². The van der Waals surface area contributed by atoms with E-state index in [1.54, 1.807) is 6.07 Å². The number of hydrogen-bond acceptors (Lipinski definition) is 3. The molecule has 0 spiro atoms. The predicted molar refractivity (Wildman–Crippen MR) is 128 cm³/mol. The van der Waals surface area contributed by atoms with Crippen molar-refractivity contribution in [3.63, 3.8) is 0 Å². The van der Waals surface area contributed by atoms with Gasteiger partial charge in [0.25, 0.3) is 0 Å². The second-order valence-electron chi connectivity index (χ2n) is 8.44. The van der Waals surface area contributed by atoms with Crippen LogP contribution in [0.3, 0.4) is 0 Å². The zero-order valence-corrected chi connectivity index (χ0v) is 20.0. The molecule has 4 rings (SSSR count). The number of likely N-dealkylation sites (tertiary alicyclic amines) is 1. The van der Waals surface area contributed by atoms with Crippen LogP contribution in [0.1, 0.15) is 38.2 Å². The molecule has 0 aliphatic carbocycles. The first-order valence-electron chi connectivity index (χ1n) is 10.6. The molecule has 1 aliphatic heterocycles. The van der Waals surface area contributed by atoms with Crippen LogP contribution in [0.2, 0.25) is 10.0 Å². The van der Waals surface area contributed by atoms with Crippen molar-refractivity contribution < 1.29 is 10.0 Å². The molecule has 0 saturated carbocycles. The van der Waals surface area contributed by atoms with Gasteiger partial charge in [0.2, 0.25) is 4.77 Å². The summed E-state index contributed by atoms with van der Waals surface area (Å²) in [7, 11) is 0. The largest absolute Gasteiger partial charge is 0.387 e. The minimum absolute atomic E-state index is 0.271. The van der Waals surface area contributed by atoms with Crippen molar-refractivity contribution in [3.05, 3.63) is 62.8 Å². The minimum atomic E-state index is -0.271. The zero-order chi connectivity index (χ0) is 22.1. The fourth-order valence-electron chi connectivity index (χ4n) is 4.23. The Bertz CT molecular complexity index is 1140. The summed E-state index contributed by atoms with van der Waals surface area (Å²) in [5.41, 5.74) is 2.97. The number of nitrogens with one attached hydrogen (secondary N) is 1. The SMILES string of the molecule is CC(C)c1ccccc1-n1c(-c2ccc(Cl)cc2Cl)nn(C[NH+]2CCC[C@H](O)C2)c1=S. The molecule has 2 aromatic carbocycles. The fraction of sp³-hybridized carbons (Fsp3) is 0.391. The van der Waals surface area contributed by atoms with Crippen molar-refractivity contribution in [1.82, 2.24) is 14.3 Å². The highest BCUT2D eigenvalue weighted by Crippen LogP contribution is 2.33. The topological polar surface area (TPSA) is 47.4 Å². The number of aliphatic hydroxyl groups excluding tert-OH is 1. The molecule has 0 amide bonds. The summed E-state index contributed by atoms with van der Waals surface area (Å²) in [4.78, 5) is 1.27. The van der Waals surface area contributed by atoms with E-state index in [1.165, 1.54) is 10.5 Å². The number of rotatable bonds is 5. The number of quaternary nitrogens is 1. The Morgan fingerprint density at radius 3 is 2.71 bits per heavy atom. The highest BCUT2D eigenvalue weighted by atomic mass is 35.5. The van der Waals surface area contributed by atoms with Crippen LogP contribution in [-0.4, -0.2) is 38.6 Å². The standard InChI is InChI=1S/C23H26Cl2N4OS/c1-15(2)18-7-3-4-8-21(18)29-22(19-10-9-16(24)12-20(19)25)26-28(23(29)31)14-27-11-5-6-17(30)13-27/h3-4,7-10,12,15,17,30H,5-6,11,13-14H2,1-2H3/p+1/t17-/m0/s1. The van der Waals surface area contributed by atoms with E-state index >= 15 is 0 Å². The van der Waals surface area contributed by atoms with Gasteiger partial charge in [-0.2, -0.15) is 4.68 Å². The molecule has 31 heavy (non-hydrogen) atoms. The van der Waals surface area contributed by atoms with Gasteiger partial charge in [0.1, 0.15) is 12.6 Å². The lowest BCUT2D eigenvalue weighted by molar-refractivity contribution is -0.931. The van der Waals surface area contributed by atoms with Crippen LogP contribution >= 0.6 is 35.4 Å². The van der Waals surface area contributed by atoms with E-state index in [-0.39, 0.29) is 6.10 Å². The molecular weight excluding hydrogens is 451 g/mol. The lowest BCUT2D eigenvalue weighted by Crippen LogP contribution is -3.13. The van der Waals surface area contributed by atoms with Gasteiger partial charge >= 0.3 is 0 Å². The molecule has 2 heterocycles. The number of para-hydroxylation sites is 1. The fourth-order valence-corrected chi connectivity index (χ4v) is 5.02. The van der Waals surface area contributed by atoms with E-state index < -0.39 is 0 Å². The first-order valence-corrected chi connectivity index (χ1v) is 11.8. The van der Waals surface area contributed by atoms with E-state index in [2.05, 4.69) is 26.0 Å². The first-order chi connectivity index (χ1) is 14.8. The first kappa shape index (κ1) is 22.5. The van der Waals surface area contributed by atoms with Crippen molar-refractivity contribution >= 4 is 35.4 Å². The van der Waals surface area contributed by atoms with Crippen molar-refractivity contribution in [3.8, 4) is 17.1 Å². The maximum atomic E-state index is 10.1. The second-order valence-corrected chi connectivity index (χ2v) is 9.65. The summed E-state index contributed by atoms with van der Waals surface area (Å²) in [5, 5.41) is 16.1. The summed E-state index contributed by atoms with van der Waals surface area (Å²) in [6, 6.07) is 13.7. The molecule has 2 atom stereocenters. The Morgan fingerprint density at radius 2 is 2.00 bits per heavy atom. The smallest absolute Gasteiger partial charge is 0.207 e. The summed E-state index contributed by atoms with van der Waals surface area (Å²) < 4.78 is 4.49. The van der Waals surface area contributed by atoms with Gasteiger partial charge in [0, 0.05) is 10.6 Å². The summed E-state index contributed by atoms with van der Waals surface area (Å²) in [6.07, 6.45) is 1.58. The molecule has 1 unspecified atom stereocenters. The molecule has 3 aromatic rings. The lowest BCUT2D eigenvalue weighted by atomic mass is 10.0. The minimum Gasteiger partial charge on any atom is -0.387 e. The number of halogens is 2. The molecule has 0 bridgehead atoms. The Labute approximate surface area is 197 Å². The third-order valence-corrected chi connectivity index (χ3v) is 6.72. The van der Waals surface area contributed by atoms with Crippen LogP contribution in [0.15, 0.2) is 42.5 Å². The average Bonchev–Trinajstić information content (AvgIpc) is 3.03. The Kier molecular flexibility index (Phi) is 6.84. The molecule has 1 saturated heterocycles. The average molecular weight is 478 g/mol. The van der Waals surface area contributed by atoms with Crippen molar-refractivity contribution in [2.45, 2.75) is 45.4 Å². The predicted octanol–water partition coefficient (Wildman–Crippen LogP) is 4.50. The Balaban J connectivity index is 1.88. The van der Waals surface area contributed by atoms with Crippen LogP contribution in [0.5, 0.6) is 0 Å². The molecule has 8 heteroatoms. The molecule has 1 aliphatic rings. The van der Waals surface area contributed by atoms with Gasteiger partial charge in [-0.25, -0.2) is 0 Å². The zero-order valence-electron chi connectivity index (χ0n) is 17.7. The number of aliphatic hydroxyl groups is 1. The van der Waals surface area contributed by atoms with Crippen molar-refractivity contribution in [1.29, 1.82) is 0 Å². The summed E-state index contributed by atoms with van der Waals surface area (Å²) in [6.45, 7) is 6.63. The number of benzene rings is 2.